The first-order valence-corrected chi connectivity index (χ1v) is 7.65. The highest BCUT2D eigenvalue weighted by molar-refractivity contribution is 5.21. The highest BCUT2D eigenvalue weighted by atomic mass is 16.7. The summed E-state index contributed by atoms with van der Waals surface area (Å²) in [4.78, 5) is 0. The van der Waals surface area contributed by atoms with Crippen molar-refractivity contribution in [2.45, 2.75) is 51.9 Å². The molecule has 0 aliphatic rings. The van der Waals surface area contributed by atoms with Crippen molar-refractivity contribution >= 4 is 0 Å². The van der Waals surface area contributed by atoms with Crippen LogP contribution >= 0.6 is 0 Å². The standard InChI is InChI=1S/C18H28O3/c1-5-7-14-20-18(3,4)15-17(19-13-6-2)21-16-11-9-8-10-12-16/h6,8-12,17H,2,5,7,13-15H2,1,3-4H3. The third-order valence-electron chi connectivity index (χ3n) is 3.06. The topological polar surface area (TPSA) is 27.7 Å². The molecule has 0 aliphatic carbocycles. The fourth-order valence-corrected chi connectivity index (χ4v) is 1.91. The molecule has 0 bridgehead atoms. The van der Waals surface area contributed by atoms with Crippen molar-refractivity contribution < 1.29 is 14.2 Å². The van der Waals surface area contributed by atoms with Crippen LogP contribution in [0.5, 0.6) is 5.75 Å². The van der Waals surface area contributed by atoms with Crippen molar-refractivity contribution in [2.75, 3.05) is 13.2 Å². The minimum absolute atomic E-state index is 0.282. The van der Waals surface area contributed by atoms with E-state index in [1.807, 2.05) is 30.3 Å². The summed E-state index contributed by atoms with van der Waals surface area (Å²) in [5, 5.41) is 0. The van der Waals surface area contributed by atoms with Gasteiger partial charge < -0.3 is 14.2 Å². The molecule has 1 unspecified atom stereocenters. The Bertz CT molecular complexity index is 387. The van der Waals surface area contributed by atoms with E-state index in [1.165, 1.54) is 0 Å². The van der Waals surface area contributed by atoms with Gasteiger partial charge in [-0.25, -0.2) is 0 Å². The molecule has 0 saturated carbocycles. The molecule has 0 heterocycles. The molecule has 0 radical (unpaired) electrons. The molecule has 118 valence electrons. The molecule has 21 heavy (non-hydrogen) atoms. The smallest absolute Gasteiger partial charge is 0.202 e. The van der Waals surface area contributed by atoms with E-state index in [0.29, 0.717) is 13.0 Å². The van der Waals surface area contributed by atoms with E-state index in [0.717, 1.165) is 25.2 Å². The second kappa shape index (κ2) is 9.59. The Balaban J connectivity index is 2.57. The lowest BCUT2D eigenvalue weighted by Gasteiger charge is -2.30. The first-order chi connectivity index (χ1) is 10.1. The normalized spacial score (nSPS) is 12.9. The minimum atomic E-state index is -0.345. The Hall–Kier alpha value is -1.32. The van der Waals surface area contributed by atoms with Gasteiger partial charge in [-0.3, -0.25) is 0 Å². The lowest BCUT2D eigenvalue weighted by molar-refractivity contribution is -0.128. The predicted octanol–water partition coefficient (Wildman–Crippen LogP) is 4.58. The monoisotopic (exact) mass is 292 g/mol. The maximum atomic E-state index is 5.93. The van der Waals surface area contributed by atoms with E-state index in [-0.39, 0.29) is 11.9 Å². The summed E-state index contributed by atoms with van der Waals surface area (Å²) < 4.78 is 17.6. The number of rotatable bonds is 11. The van der Waals surface area contributed by atoms with Gasteiger partial charge in [0.15, 0.2) is 0 Å². The average Bonchev–Trinajstić information content (AvgIpc) is 2.45. The fraction of sp³-hybridized carbons (Fsp3) is 0.556. The van der Waals surface area contributed by atoms with Gasteiger partial charge in [0.2, 0.25) is 6.29 Å². The minimum Gasteiger partial charge on any atom is -0.465 e. The van der Waals surface area contributed by atoms with Crippen LogP contribution in [0.15, 0.2) is 43.0 Å². The fourth-order valence-electron chi connectivity index (χ4n) is 1.91. The third-order valence-corrected chi connectivity index (χ3v) is 3.06. The van der Waals surface area contributed by atoms with Gasteiger partial charge >= 0.3 is 0 Å². The van der Waals surface area contributed by atoms with Gasteiger partial charge in [-0.2, -0.15) is 0 Å². The Morgan fingerprint density at radius 2 is 1.95 bits per heavy atom. The number of para-hydroxylation sites is 1. The SMILES string of the molecule is C=CCOC(CC(C)(C)OCCCC)Oc1ccccc1. The van der Waals surface area contributed by atoms with Gasteiger partial charge in [0.05, 0.1) is 12.2 Å². The molecular formula is C18H28O3. The van der Waals surface area contributed by atoms with Crippen LogP contribution in [-0.4, -0.2) is 25.1 Å². The maximum absolute atomic E-state index is 5.93. The first kappa shape index (κ1) is 17.7. The largest absolute Gasteiger partial charge is 0.465 e. The molecule has 0 amide bonds. The molecule has 1 aromatic rings. The number of unbranched alkanes of at least 4 members (excludes halogenated alkanes) is 1. The molecule has 0 aromatic heterocycles. The lowest BCUT2D eigenvalue weighted by atomic mass is 10.0. The van der Waals surface area contributed by atoms with Gasteiger partial charge in [0.25, 0.3) is 0 Å². The molecular weight excluding hydrogens is 264 g/mol. The predicted molar refractivity (Wildman–Crippen MR) is 86.6 cm³/mol. The van der Waals surface area contributed by atoms with Crippen LogP contribution in [0.25, 0.3) is 0 Å². The van der Waals surface area contributed by atoms with Crippen LogP contribution in [0.4, 0.5) is 0 Å². The van der Waals surface area contributed by atoms with Crippen molar-refractivity contribution in [3.05, 3.63) is 43.0 Å². The zero-order chi connectivity index (χ0) is 15.6. The van der Waals surface area contributed by atoms with E-state index < -0.39 is 0 Å². The van der Waals surface area contributed by atoms with E-state index in [4.69, 9.17) is 14.2 Å². The molecule has 0 N–H and O–H groups in total. The van der Waals surface area contributed by atoms with Crippen molar-refractivity contribution in [2.24, 2.45) is 0 Å². The lowest BCUT2D eigenvalue weighted by Crippen LogP contribution is -2.35. The molecule has 1 atom stereocenters. The van der Waals surface area contributed by atoms with Gasteiger partial charge in [0.1, 0.15) is 5.75 Å². The van der Waals surface area contributed by atoms with Gasteiger partial charge in [-0.05, 0) is 32.4 Å². The number of benzene rings is 1. The van der Waals surface area contributed by atoms with Crippen molar-refractivity contribution in [1.82, 2.24) is 0 Å². The van der Waals surface area contributed by atoms with Crippen LogP contribution in [0.3, 0.4) is 0 Å². The Labute approximate surface area is 128 Å². The third kappa shape index (κ3) is 7.88. The van der Waals surface area contributed by atoms with Crippen molar-refractivity contribution in [3.8, 4) is 5.75 Å². The quantitative estimate of drug-likeness (QED) is 0.339. The molecule has 0 fully saturated rings. The van der Waals surface area contributed by atoms with Crippen LogP contribution in [0.1, 0.15) is 40.0 Å². The van der Waals surface area contributed by atoms with Crippen LogP contribution in [0, 0.1) is 0 Å². The highest BCUT2D eigenvalue weighted by Gasteiger charge is 2.25. The second-order valence-corrected chi connectivity index (χ2v) is 5.65. The van der Waals surface area contributed by atoms with Gasteiger partial charge in [0, 0.05) is 13.0 Å². The first-order valence-electron chi connectivity index (χ1n) is 7.65. The second-order valence-electron chi connectivity index (χ2n) is 5.65. The van der Waals surface area contributed by atoms with E-state index in [2.05, 4.69) is 27.4 Å². The van der Waals surface area contributed by atoms with E-state index >= 15 is 0 Å². The molecule has 0 saturated heterocycles. The molecule has 0 aliphatic heterocycles. The zero-order valence-corrected chi connectivity index (χ0v) is 13.5. The van der Waals surface area contributed by atoms with Crippen molar-refractivity contribution in [1.29, 1.82) is 0 Å². The molecule has 0 spiro atoms. The summed E-state index contributed by atoms with van der Waals surface area (Å²) in [6.45, 7) is 11.2. The van der Waals surface area contributed by atoms with Crippen LogP contribution in [-0.2, 0) is 9.47 Å². The maximum Gasteiger partial charge on any atom is 0.202 e. The van der Waals surface area contributed by atoms with Crippen LogP contribution in [0.2, 0.25) is 0 Å². The summed E-state index contributed by atoms with van der Waals surface area (Å²) in [5.41, 5.74) is -0.282. The summed E-state index contributed by atoms with van der Waals surface area (Å²) in [6, 6.07) is 9.71. The Morgan fingerprint density at radius 3 is 2.57 bits per heavy atom. The van der Waals surface area contributed by atoms with Gasteiger partial charge in [-0.15, -0.1) is 6.58 Å². The molecule has 3 nitrogen and oxygen atoms in total. The summed E-state index contributed by atoms with van der Waals surface area (Å²) in [7, 11) is 0. The summed E-state index contributed by atoms with van der Waals surface area (Å²) in [5.74, 6) is 0.802. The average molecular weight is 292 g/mol. The number of hydrogen-bond acceptors (Lipinski definition) is 3. The summed E-state index contributed by atoms with van der Waals surface area (Å²) in [6.07, 6.45) is 4.25. The van der Waals surface area contributed by atoms with Crippen molar-refractivity contribution in [3.63, 3.8) is 0 Å². The molecule has 1 rings (SSSR count). The Kier molecular flexibility index (Phi) is 8.09. The molecule has 3 heteroatoms. The van der Waals surface area contributed by atoms with Crippen LogP contribution < -0.4 is 4.74 Å². The van der Waals surface area contributed by atoms with Gasteiger partial charge in [-0.1, -0.05) is 37.6 Å². The zero-order valence-electron chi connectivity index (χ0n) is 13.5. The van der Waals surface area contributed by atoms with E-state index in [1.54, 1.807) is 6.08 Å². The molecule has 1 aromatic carbocycles. The van der Waals surface area contributed by atoms with E-state index in [9.17, 15) is 0 Å². The summed E-state index contributed by atoms with van der Waals surface area (Å²) >= 11 is 0. The number of ether oxygens (including phenoxy) is 3. The number of hydrogen-bond donors (Lipinski definition) is 0. The highest BCUT2D eigenvalue weighted by Crippen LogP contribution is 2.22. The Morgan fingerprint density at radius 1 is 1.24 bits per heavy atom.